The molecule has 0 amide bonds. The number of aromatic nitrogens is 1. The van der Waals surface area contributed by atoms with Crippen LogP contribution in [0.15, 0.2) is 15.9 Å². The summed E-state index contributed by atoms with van der Waals surface area (Å²) in [7, 11) is 0. The van der Waals surface area contributed by atoms with E-state index in [4.69, 9.17) is 4.42 Å². The molecule has 0 unspecified atom stereocenters. The van der Waals surface area contributed by atoms with Gasteiger partial charge in [0.15, 0.2) is 5.06 Å². The van der Waals surface area contributed by atoms with E-state index in [0.29, 0.717) is 11.5 Å². The molecule has 14 heavy (non-hydrogen) atoms. The van der Waals surface area contributed by atoms with E-state index in [-0.39, 0.29) is 24.5 Å². The topological polar surface area (TPSA) is 46.3 Å². The van der Waals surface area contributed by atoms with Crippen molar-refractivity contribution in [3.63, 3.8) is 0 Å². The molecule has 0 aromatic carbocycles. The van der Waals surface area contributed by atoms with Crippen molar-refractivity contribution >= 4 is 11.3 Å². The molecule has 0 spiro atoms. The minimum Gasteiger partial charge on any atom is -0.499 e. The number of aryl methyl sites for hydroxylation is 2. The number of hydrogen-bond donors (Lipinski definition) is 1. The number of aromatic hydroxyl groups is 1. The van der Waals surface area contributed by atoms with Crippen molar-refractivity contribution in [3.8, 4) is 16.5 Å². The van der Waals surface area contributed by atoms with Crippen LogP contribution in [0.1, 0.15) is 11.5 Å². The minimum atomic E-state index is 0. The van der Waals surface area contributed by atoms with Crippen LogP contribution in [0, 0.1) is 13.8 Å². The van der Waals surface area contributed by atoms with E-state index in [9.17, 15) is 5.11 Å². The van der Waals surface area contributed by atoms with Crippen molar-refractivity contribution in [2.45, 2.75) is 13.8 Å². The van der Waals surface area contributed by atoms with Crippen molar-refractivity contribution in [1.82, 2.24) is 4.98 Å². The smallest absolute Gasteiger partial charge is 0.231 e. The second kappa shape index (κ2) is 4.24. The zero-order valence-corrected chi connectivity index (χ0v) is 11.9. The van der Waals surface area contributed by atoms with Gasteiger partial charge in [-0.15, -0.1) is 11.3 Å². The summed E-state index contributed by atoms with van der Waals surface area (Å²) in [5.74, 6) is 1.29. The molecule has 70 valence electrons. The Morgan fingerprint density at radius 1 is 1.43 bits per heavy atom. The van der Waals surface area contributed by atoms with Gasteiger partial charge in [0.2, 0.25) is 5.89 Å². The average molecular weight is 261 g/mol. The van der Waals surface area contributed by atoms with Gasteiger partial charge in [0, 0.05) is 19.5 Å². The fraction of sp³-hybridized carbons (Fsp3) is 0.222. The standard InChI is InChI=1S/C9H9NO2S.Zn/c1-5-6(2)12-8(10-5)7-3-4-13-9(7)11;/h3-4,11H,1-2H3;. The van der Waals surface area contributed by atoms with Crippen LogP contribution in [0.3, 0.4) is 0 Å². The number of rotatable bonds is 1. The Labute approximate surface area is 98.6 Å². The Bertz CT molecular complexity index is 416. The average Bonchev–Trinajstić information content (AvgIpc) is 2.60. The van der Waals surface area contributed by atoms with Crippen LogP contribution in [0.25, 0.3) is 11.5 Å². The molecule has 2 aromatic rings. The summed E-state index contributed by atoms with van der Waals surface area (Å²) in [6.45, 7) is 3.74. The van der Waals surface area contributed by atoms with Crippen LogP contribution in [-0.4, -0.2) is 10.1 Å². The van der Waals surface area contributed by atoms with Gasteiger partial charge in [0.1, 0.15) is 5.76 Å². The fourth-order valence-corrected chi connectivity index (χ4v) is 1.67. The summed E-state index contributed by atoms with van der Waals surface area (Å²) >= 11 is 1.27. The second-order valence-electron chi connectivity index (χ2n) is 2.80. The van der Waals surface area contributed by atoms with Crippen molar-refractivity contribution in [3.05, 3.63) is 22.9 Å². The van der Waals surface area contributed by atoms with Crippen LogP contribution in [0.5, 0.6) is 5.06 Å². The monoisotopic (exact) mass is 259 g/mol. The maximum atomic E-state index is 9.42. The molecular weight excluding hydrogens is 252 g/mol. The van der Waals surface area contributed by atoms with Gasteiger partial charge in [-0.3, -0.25) is 0 Å². The maximum absolute atomic E-state index is 9.42. The van der Waals surface area contributed by atoms with E-state index in [0.717, 1.165) is 11.5 Å². The Kier molecular flexibility index (Phi) is 3.45. The minimum absolute atomic E-state index is 0. The molecule has 0 saturated carbocycles. The van der Waals surface area contributed by atoms with E-state index in [1.54, 1.807) is 11.4 Å². The summed E-state index contributed by atoms with van der Waals surface area (Å²) in [6, 6.07) is 1.80. The molecule has 0 radical (unpaired) electrons. The molecule has 0 aliphatic heterocycles. The molecule has 3 nitrogen and oxygen atoms in total. The molecule has 0 atom stereocenters. The van der Waals surface area contributed by atoms with Crippen molar-refractivity contribution in [2.24, 2.45) is 0 Å². The molecule has 1 N–H and O–H groups in total. The van der Waals surface area contributed by atoms with E-state index in [2.05, 4.69) is 4.98 Å². The van der Waals surface area contributed by atoms with Crippen molar-refractivity contribution in [2.75, 3.05) is 0 Å². The molecule has 2 rings (SSSR count). The number of thiophene rings is 1. The maximum Gasteiger partial charge on any atom is 0.231 e. The van der Waals surface area contributed by atoms with Crippen LogP contribution < -0.4 is 0 Å². The van der Waals surface area contributed by atoms with Gasteiger partial charge < -0.3 is 9.52 Å². The van der Waals surface area contributed by atoms with Gasteiger partial charge in [-0.1, -0.05) is 0 Å². The van der Waals surface area contributed by atoms with E-state index >= 15 is 0 Å². The first kappa shape index (κ1) is 11.4. The third-order valence-electron chi connectivity index (χ3n) is 1.90. The van der Waals surface area contributed by atoms with E-state index < -0.39 is 0 Å². The zero-order chi connectivity index (χ0) is 9.42. The van der Waals surface area contributed by atoms with Gasteiger partial charge in [0.05, 0.1) is 11.3 Å². The van der Waals surface area contributed by atoms with Gasteiger partial charge in [0.25, 0.3) is 0 Å². The molecule has 2 aromatic heterocycles. The summed E-state index contributed by atoms with van der Waals surface area (Å²) in [4.78, 5) is 4.19. The zero-order valence-electron chi connectivity index (χ0n) is 8.07. The SMILES string of the molecule is Cc1nc(-c2ccsc2O)oc1C.[Zn]. The molecule has 2 heterocycles. The Morgan fingerprint density at radius 2 is 2.14 bits per heavy atom. The van der Waals surface area contributed by atoms with Gasteiger partial charge in [-0.2, -0.15) is 0 Å². The predicted molar refractivity (Wildman–Crippen MR) is 51.0 cm³/mol. The molecule has 0 aliphatic rings. The number of nitrogens with zero attached hydrogens (tertiary/aromatic N) is 1. The summed E-state index contributed by atoms with van der Waals surface area (Å²) in [5.41, 5.74) is 1.53. The van der Waals surface area contributed by atoms with Crippen LogP contribution >= 0.6 is 11.3 Å². The van der Waals surface area contributed by atoms with Crippen LogP contribution in [-0.2, 0) is 19.5 Å². The second-order valence-corrected chi connectivity index (χ2v) is 3.69. The molecule has 0 saturated heterocycles. The summed E-state index contributed by atoms with van der Waals surface area (Å²) in [6.07, 6.45) is 0. The van der Waals surface area contributed by atoms with E-state index in [1.807, 2.05) is 13.8 Å². The first-order valence-electron chi connectivity index (χ1n) is 3.89. The largest absolute Gasteiger partial charge is 0.499 e. The van der Waals surface area contributed by atoms with Gasteiger partial charge in [-0.05, 0) is 25.3 Å². The number of oxazole rings is 1. The summed E-state index contributed by atoms with van der Waals surface area (Å²) in [5, 5.41) is 11.5. The van der Waals surface area contributed by atoms with Crippen LogP contribution in [0.2, 0.25) is 0 Å². The van der Waals surface area contributed by atoms with Gasteiger partial charge >= 0.3 is 0 Å². The quantitative estimate of drug-likeness (QED) is 0.802. The fourth-order valence-electron chi connectivity index (χ4n) is 1.05. The van der Waals surface area contributed by atoms with Gasteiger partial charge in [-0.25, -0.2) is 4.98 Å². The molecule has 5 heteroatoms. The van der Waals surface area contributed by atoms with Crippen LogP contribution in [0.4, 0.5) is 0 Å². The third kappa shape index (κ3) is 1.89. The van der Waals surface area contributed by atoms with Crippen molar-refractivity contribution in [1.29, 1.82) is 0 Å². The first-order valence-corrected chi connectivity index (χ1v) is 4.77. The third-order valence-corrected chi connectivity index (χ3v) is 2.62. The Morgan fingerprint density at radius 3 is 2.57 bits per heavy atom. The Hall–Kier alpha value is -0.667. The van der Waals surface area contributed by atoms with Crippen molar-refractivity contribution < 1.29 is 29.0 Å². The molecule has 0 aliphatic carbocycles. The molecular formula is C9H9NO2SZn. The molecule has 0 fully saturated rings. The normalized spacial score (nSPS) is 9.86. The Balaban J connectivity index is 0.000000980. The first-order chi connectivity index (χ1) is 6.18. The predicted octanol–water partition coefficient (Wildman–Crippen LogP) is 2.72. The summed E-state index contributed by atoms with van der Waals surface area (Å²) < 4.78 is 5.38. The number of hydrogen-bond acceptors (Lipinski definition) is 4. The molecule has 0 bridgehead atoms. The van der Waals surface area contributed by atoms with E-state index in [1.165, 1.54) is 11.3 Å².